The van der Waals surface area contributed by atoms with Crippen LogP contribution in [0.5, 0.6) is 0 Å². The third kappa shape index (κ3) is 2.57. The fourth-order valence-corrected chi connectivity index (χ4v) is 1.35. The number of hydrogen-bond acceptors (Lipinski definition) is 0. The summed E-state index contributed by atoms with van der Waals surface area (Å²) in [7, 11) is 0. The fourth-order valence-electron chi connectivity index (χ4n) is 1.11. The average molecular weight is 157 g/mol. The molecule has 56 valence electrons. The largest absolute Gasteiger partial charge is 0.122 e. The molecule has 0 amide bonds. The van der Waals surface area contributed by atoms with Crippen LogP contribution in [0.1, 0.15) is 25.7 Å². The lowest BCUT2D eigenvalue weighted by molar-refractivity contribution is 0.913. The van der Waals surface area contributed by atoms with Crippen LogP contribution >= 0.6 is 11.6 Å². The Balaban J connectivity index is 2.41. The third-order valence-corrected chi connectivity index (χ3v) is 2.08. The Morgan fingerprint density at radius 1 is 1.20 bits per heavy atom. The van der Waals surface area contributed by atoms with Gasteiger partial charge < -0.3 is 0 Å². The van der Waals surface area contributed by atoms with Crippen molar-refractivity contribution < 1.29 is 0 Å². The molecule has 0 aromatic heterocycles. The number of allylic oxidation sites excluding steroid dienone is 4. The third-order valence-electron chi connectivity index (χ3n) is 1.74. The van der Waals surface area contributed by atoms with Crippen LogP contribution in [0.25, 0.3) is 0 Å². The van der Waals surface area contributed by atoms with Crippen molar-refractivity contribution in [3.8, 4) is 0 Å². The standard InChI is InChI=1S/C9H13Cl/c10-8-9-6-4-2-1-3-5-7-9/h1-2,7H,3-6,8H2/b2-1-,9-7+. The minimum Gasteiger partial charge on any atom is -0.122 e. The predicted octanol–water partition coefficient (Wildman–Crippen LogP) is 3.28. The molecule has 0 aromatic carbocycles. The molecule has 0 N–H and O–H groups in total. The lowest BCUT2D eigenvalue weighted by Gasteiger charge is -2.03. The molecular formula is C9H13Cl. The molecule has 0 aliphatic heterocycles. The van der Waals surface area contributed by atoms with E-state index in [1.54, 1.807) is 0 Å². The van der Waals surface area contributed by atoms with Crippen molar-refractivity contribution in [2.45, 2.75) is 25.7 Å². The Morgan fingerprint density at radius 2 is 2.00 bits per heavy atom. The Labute approximate surface area is 67.6 Å². The Morgan fingerprint density at radius 3 is 2.80 bits per heavy atom. The summed E-state index contributed by atoms with van der Waals surface area (Å²) in [6.45, 7) is 0. The Kier molecular flexibility index (Phi) is 3.59. The zero-order valence-corrected chi connectivity index (χ0v) is 6.90. The van der Waals surface area contributed by atoms with E-state index in [1.165, 1.54) is 24.8 Å². The summed E-state index contributed by atoms with van der Waals surface area (Å²) >= 11 is 5.71. The van der Waals surface area contributed by atoms with E-state index in [2.05, 4.69) is 18.2 Å². The van der Waals surface area contributed by atoms with Gasteiger partial charge >= 0.3 is 0 Å². The van der Waals surface area contributed by atoms with Crippen molar-refractivity contribution >= 4 is 11.6 Å². The molecule has 1 aliphatic carbocycles. The van der Waals surface area contributed by atoms with E-state index in [-0.39, 0.29) is 0 Å². The fraction of sp³-hybridized carbons (Fsp3) is 0.556. The van der Waals surface area contributed by atoms with Gasteiger partial charge in [-0.3, -0.25) is 0 Å². The Hall–Kier alpha value is -0.230. The van der Waals surface area contributed by atoms with Gasteiger partial charge in [-0.1, -0.05) is 23.8 Å². The average Bonchev–Trinajstić information content (AvgIpc) is 1.87. The molecule has 10 heavy (non-hydrogen) atoms. The first kappa shape index (κ1) is 7.87. The second-order valence-electron chi connectivity index (χ2n) is 2.58. The smallest absolute Gasteiger partial charge is 0.0433 e. The van der Waals surface area contributed by atoms with E-state index in [9.17, 15) is 0 Å². The highest BCUT2D eigenvalue weighted by Crippen LogP contribution is 2.12. The molecular weight excluding hydrogens is 144 g/mol. The number of alkyl halides is 1. The highest BCUT2D eigenvalue weighted by Gasteiger charge is 1.95. The Bertz CT molecular complexity index is 145. The molecule has 0 fully saturated rings. The molecule has 1 heteroatoms. The van der Waals surface area contributed by atoms with Gasteiger partial charge in [0.25, 0.3) is 0 Å². The molecule has 0 bridgehead atoms. The highest BCUT2D eigenvalue weighted by atomic mass is 35.5. The monoisotopic (exact) mass is 156 g/mol. The van der Waals surface area contributed by atoms with Crippen molar-refractivity contribution in [2.24, 2.45) is 0 Å². The molecule has 0 aromatic rings. The van der Waals surface area contributed by atoms with Crippen molar-refractivity contribution in [1.82, 2.24) is 0 Å². The molecule has 0 nitrogen and oxygen atoms in total. The summed E-state index contributed by atoms with van der Waals surface area (Å²) in [6, 6.07) is 0. The first-order valence-electron chi connectivity index (χ1n) is 3.82. The zero-order chi connectivity index (χ0) is 7.23. The van der Waals surface area contributed by atoms with Crippen LogP contribution < -0.4 is 0 Å². The van der Waals surface area contributed by atoms with E-state index < -0.39 is 0 Å². The van der Waals surface area contributed by atoms with Crippen LogP contribution in [-0.2, 0) is 0 Å². The summed E-state index contributed by atoms with van der Waals surface area (Å²) in [5.41, 5.74) is 1.41. The van der Waals surface area contributed by atoms with Crippen LogP contribution in [0.15, 0.2) is 23.8 Å². The van der Waals surface area contributed by atoms with E-state index in [0.29, 0.717) is 5.88 Å². The minimum absolute atomic E-state index is 0.716. The maximum Gasteiger partial charge on any atom is 0.0433 e. The lowest BCUT2D eigenvalue weighted by atomic mass is 10.1. The van der Waals surface area contributed by atoms with Crippen LogP contribution in [0.4, 0.5) is 0 Å². The molecule has 0 heterocycles. The van der Waals surface area contributed by atoms with Crippen LogP contribution in [0.3, 0.4) is 0 Å². The van der Waals surface area contributed by atoms with Crippen LogP contribution in [0.2, 0.25) is 0 Å². The van der Waals surface area contributed by atoms with Gasteiger partial charge in [-0.25, -0.2) is 0 Å². The van der Waals surface area contributed by atoms with Crippen molar-refractivity contribution in [2.75, 3.05) is 5.88 Å². The van der Waals surface area contributed by atoms with E-state index in [1.807, 2.05) is 0 Å². The molecule has 0 spiro atoms. The second-order valence-corrected chi connectivity index (χ2v) is 2.85. The molecule has 1 rings (SSSR count). The van der Waals surface area contributed by atoms with Gasteiger partial charge in [0.05, 0.1) is 0 Å². The summed E-state index contributed by atoms with van der Waals surface area (Å²) in [5, 5.41) is 0. The number of hydrogen-bond donors (Lipinski definition) is 0. The predicted molar refractivity (Wildman–Crippen MR) is 46.4 cm³/mol. The molecule has 0 unspecified atom stereocenters. The summed E-state index contributed by atoms with van der Waals surface area (Å²) in [5.74, 6) is 0.716. The SMILES string of the molecule is ClC/C1=C/CC/C=C\CC1. The summed E-state index contributed by atoms with van der Waals surface area (Å²) in [6.07, 6.45) is 11.4. The molecule has 0 radical (unpaired) electrons. The topological polar surface area (TPSA) is 0 Å². The van der Waals surface area contributed by atoms with Crippen LogP contribution in [0, 0.1) is 0 Å². The highest BCUT2D eigenvalue weighted by molar-refractivity contribution is 6.19. The van der Waals surface area contributed by atoms with Crippen molar-refractivity contribution in [1.29, 1.82) is 0 Å². The number of rotatable bonds is 1. The minimum atomic E-state index is 0.716. The van der Waals surface area contributed by atoms with E-state index >= 15 is 0 Å². The van der Waals surface area contributed by atoms with E-state index in [0.717, 1.165) is 6.42 Å². The van der Waals surface area contributed by atoms with Gasteiger partial charge in [0.1, 0.15) is 0 Å². The normalized spacial score (nSPS) is 27.9. The van der Waals surface area contributed by atoms with Crippen LogP contribution in [-0.4, -0.2) is 5.88 Å². The summed E-state index contributed by atoms with van der Waals surface area (Å²) in [4.78, 5) is 0. The van der Waals surface area contributed by atoms with Gasteiger partial charge in [-0.05, 0) is 25.7 Å². The molecule has 1 aliphatic rings. The van der Waals surface area contributed by atoms with Gasteiger partial charge in [0, 0.05) is 5.88 Å². The summed E-state index contributed by atoms with van der Waals surface area (Å²) < 4.78 is 0. The van der Waals surface area contributed by atoms with Gasteiger partial charge in [-0.15, -0.1) is 11.6 Å². The van der Waals surface area contributed by atoms with Crippen molar-refractivity contribution in [3.05, 3.63) is 23.8 Å². The molecule has 0 saturated carbocycles. The van der Waals surface area contributed by atoms with Crippen molar-refractivity contribution in [3.63, 3.8) is 0 Å². The van der Waals surface area contributed by atoms with Gasteiger partial charge in [0.15, 0.2) is 0 Å². The van der Waals surface area contributed by atoms with Gasteiger partial charge in [0.2, 0.25) is 0 Å². The first-order valence-corrected chi connectivity index (χ1v) is 4.36. The zero-order valence-electron chi connectivity index (χ0n) is 6.15. The maximum atomic E-state index is 5.71. The lowest BCUT2D eigenvalue weighted by Crippen LogP contribution is -1.87. The van der Waals surface area contributed by atoms with Gasteiger partial charge in [-0.2, -0.15) is 0 Å². The quantitative estimate of drug-likeness (QED) is 0.404. The molecule has 0 atom stereocenters. The number of halogens is 1. The van der Waals surface area contributed by atoms with E-state index in [4.69, 9.17) is 11.6 Å². The first-order chi connectivity index (χ1) is 4.93. The maximum absolute atomic E-state index is 5.71. The molecule has 0 saturated heterocycles. The second kappa shape index (κ2) is 4.56.